The Morgan fingerprint density at radius 2 is 1.45 bits per heavy atom. The number of amides is 3. The van der Waals surface area contributed by atoms with E-state index in [1.165, 1.54) is 0 Å². The summed E-state index contributed by atoms with van der Waals surface area (Å²) < 4.78 is 1.09. The van der Waals surface area contributed by atoms with E-state index >= 15 is 0 Å². The maximum atomic E-state index is 12.7. The summed E-state index contributed by atoms with van der Waals surface area (Å²) in [7, 11) is 0. The second kappa shape index (κ2) is 9.30. The van der Waals surface area contributed by atoms with E-state index in [1.54, 1.807) is 29.2 Å². The minimum atomic E-state index is -0.420. The molecule has 3 aromatic rings. The number of para-hydroxylation sites is 1. The standard InChI is InChI=1S/C24H20IN3O3/c25-18-8-12-20(13-9-18)26-23(30)16-6-10-19(11-7-16)27-24(31)17-14-22(29)28(15-17)21-4-2-1-3-5-21/h1-13,17H,14-15H2,(H,26,30)(H,27,31). The Balaban J connectivity index is 1.35. The van der Waals surface area contributed by atoms with Crippen LogP contribution in [0.4, 0.5) is 17.1 Å². The molecule has 1 heterocycles. The molecular weight excluding hydrogens is 505 g/mol. The van der Waals surface area contributed by atoms with E-state index in [0.717, 1.165) is 14.9 Å². The smallest absolute Gasteiger partial charge is 0.255 e. The van der Waals surface area contributed by atoms with Crippen molar-refractivity contribution in [3.8, 4) is 0 Å². The van der Waals surface area contributed by atoms with Crippen molar-refractivity contribution in [2.75, 3.05) is 22.1 Å². The first kappa shape index (κ1) is 21.0. The Morgan fingerprint density at radius 1 is 0.839 bits per heavy atom. The van der Waals surface area contributed by atoms with Gasteiger partial charge in [0.15, 0.2) is 0 Å². The van der Waals surface area contributed by atoms with Gasteiger partial charge in [-0.1, -0.05) is 18.2 Å². The molecule has 1 atom stereocenters. The van der Waals surface area contributed by atoms with E-state index in [4.69, 9.17) is 0 Å². The van der Waals surface area contributed by atoms with E-state index in [9.17, 15) is 14.4 Å². The summed E-state index contributed by atoms with van der Waals surface area (Å²) in [4.78, 5) is 39.0. The highest BCUT2D eigenvalue weighted by atomic mass is 127. The number of nitrogens with zero attached hydrogens (tertiary/aromatic N) is 1. The van der Waals surface area contributed by atoms with Gasteiger partial charge < -0.3 is 15.5 Å². The number of carbonyl (C=O) groups is 3. The lowest BCUT2D eigenvalue weighted by Crippen LogP contribution is -2.28. The number of anilines is 3. The summed E-state index contributed by atoms with van der Waals surface area (Å²) in [6.45, 7) is 0.352. The van der Waals surface area contributed by atoms with Gasteiger partial charge in [0.1, 0.15) is 0 Å². The van der Waals surface area contributed by atoms with Crippen LogP contribution < -0.4 is 15.5 Å². The molecule has 0 saturated carbocycles. The molecule has 0 aromatic heterocycles. The lowest BCUT2D eigenvalue weighted by molar-refractivity contribution is -0.122. The SMILES string of the molecule is O=C(Nc1ccc(I)cc1)c1ccc(NC(=O)C2CC(=O)N(c3ccccc3)C2)cc1. The number of benzene rings is 3. The zero-order valence-corrected chi connectivity index (χ0v) is 18.7. The molecule has 0 radical (unpaired) electrons. The molecular formula is C24H20IN3O3. The number of nitrogens with one attached hydrogen (secondary N) is 2. The van der Waals surface area contributed by atoms with Crippen molar-refractivity contribution in [1.82, 2.24) is 0 Å². The summed E-state index contributed by atoms with van der Waals surface area (Å²) in [6.07, 6.45) is 0.178. The molecule has 1 aliphatic rings. The molecule has 3 amide bonds. The summed E-state index contributed by atoms with van der Waals surface area (Å²) in [5, 5.41) is 5.69. The van der Waals surface area contributed by atoms with E-state index in [1.807, 2.05) is 54.6 Å². The Morgan fingerprint density at radius 3 is 2.13 bits per heavy atom. The Kier molecular flexibility index (Phi) is 6.31. The fourth-order valence-corrected chi connectivity index (χ4v) is 3.79. The van der Waals surface area contributed by atoms with Gasteiger partial charge in [0.25, 0.3) is 5.91 Å². The van der Waals surface area contributed by atoms with Crippen LogP contribution in [0.25, 0.3) is 0 Å². The molecule has 4 rings (SSSR count). The van der Waals surface area contributed by atoms with Crippen LogP contribution in [0.2, 0.25) is 0 Å². The van der Waals surface area contributed by atoms with Gasteiger partial charge in [-0.05, 0) is 83.3 Å². The van der Waals surface area contributed by atoms with Crippen LogP contribution in [0.15, 0.2) is 78.9 Å². The van der Waals surface area contributed by atoms with Crippen molar-refractivity contribution in [3.05, 3.63) is 88.0 Å². The van der Waals surface area contributed by atoms with Gasteiger partial charge in [-0.15, -0.1) is 0 Å². The summed E-state index contributed by atoms with van der Waals surface area (Å²) >= 11 is 2.21. The first-order chi connectivity index (χ1) is 15.0. The van der Waals surface area contributed by atoms with E-state index < -0.39 is 5.92 Å². The molecule has 1 fully saturated rings. The zero-order chi connectivity index (χ0) is 21.8. The Labute approximate surface area is 193 Å². The highest BCUT2D eigenvalue weighted by Gasteiger charge is 2.35. The number of hydrogen-bond donors (Lipinski definition) is 2. The van der Waals surface area contributed by atoms with Crippen molar-refractivity contribution < 1.29 is 14.4 Å². The molecule has 1 aliphatic heterocycles. The third-order valence-corrected chi connectivity index (χ3v) is 5.80. The van der Waals surface area contributed by atoms with Gasteiger partial charge in [-0.2, -0.15) is 0 Å². The van der Waals surface area contributed by atoms with E-state index in [-0.39, 0.29) is 24.1 Å². The lowest BCUT2D eigenvalue weighted by Gasteiger charge is -2.16. The Hall–Kier alpha value is -3.20. The van der Waals surface area contributed by atoms with Crippen molar-refractivity contribution in [2.24, 2.45) is 5.92 Å². The van der Waals surface area contributed by atoms with Gasteiger partial charge >= 0.3 is 0 Å². The van der Waals surface area contributed by atoms with Crippen molar-refractivity contribution in [1.29, 1.82) is 0 Å². The highest BCUT2D eigenvalue weighted by Crippen LogP contribution is 2.26. The van der Waals surface area contributed by atoms with E-state index in [2.05, 4.69) is 33.2 Å². The normalized spacial score (nSPS) is 15.6. The van der Waals surface area contributed by atoms with Crippen molar-refractivity contribution >= 4 is 57.4 Å². The molecule has 1 saturated heterocycles. The zero-order valence-electron chi connectivity index (χ0n) is 16.5. The highest BCUT2D eigenvalue weighted by molar-refractivity contribution is 14.1. The summed E-state index contributed by atoms with van der Waals surface area (Å²) in [5.74, 6) is -0.910. The predicted molar refractivity (Wildman–Crippen MR) is 129 cm³/mol. The second-order valence-electron chi connectivity index (χ2n) is 7.27. The molecule has 0 bridgehead atoms. The lowest BCUT2D eigenvalue weighted by atomic mass is 10.1. The van der Waals surface area contributed by atoms with E-state index in [0.29, 0.717) is 17.8 Å². The molecule has 1 unspecified atom stereocenters. The van der Waals surface area contributed by atoms with Crippen molar-refractivity contribution in [3.63, 3.8) is 0 Å². The van der Waals surface area contributed by atoms with Crippen LogP contribution >= 0.6 is 22.6 Å². The molecule has 3 aromatic carbocycles. The van der Waals surface area contributed by atoms with Crippen LogP contribution in [0.3, 0.4) is 0 Å². The molecule has 0 spiro atoms. The van der Waals surface area contributed by atoms with Crippen molar-refractivity contribution in [2.45, 2.75) is 6.42 Å². The first-order valence-corrected chi connectivity index (χ1v) is 10.9. The maximum absolute atomic E-state index is 12.7. The van der Waals surface area contributed by atoms with Crippen LogP contribution in [0, 0.1) is 9.49 Å². The van der Waals surface area contributed by atoms with Gasteiger partial charge in [0.05, 0.1) is 5.92 Å². The topological polar surface area (TPSA) is 78.5 Å². The summed E-state index contributed by atoms with van der Waals surface area (Å²) in [5.41, 5.74) is 2.59. The molecule has 0 aliphatic carbocycles. The average molecular weight is 525 g/mol. The third kappa shape index (κ3) is 5.11. The van der Waals surface area contributed by atoms with Gasteiger partial charge in [-0.3, -0.25) is 14.4 Å². The van der Waals surface area contributed by atoms with Gasteiger partial charge in [0.2, 0.25) is 11.8 Å². The summed E-state index contributed by atoms with van der Waals surface area (Å²) in [6, 6.07) is 23.6. The number of hydrogen-bond acceptors (Lipinski definition) is 3. The van der Waals surface area contributed by atoms with Crippen LogP contribution in [0.1, 0.15) is 16.8 Å². The maximum Gasteiger partial charge on any atom is 0.255 e. The van der Waals surface area contributed by atoms with Crippen LogP contribution in [-0.2, 0) is 9.59 Å². The van der Waals surface area contributed by atoms with Crippen LogP contribution in [-0.4, -0.2) is 24.3 Å². The molecule has 6 nitrogen and oxygen atoms in total. The Bertz CT molecular complexity index is 1100. The fourth-order valence-electron chi connectivity index (χ4n) is 3.43. The number of rotatable bonds is 5. The van der Waals surface area contributed by atoms with Gasteiger partial charge in [0, 0.05) is 39.2 Å². The third-order valence-electron chi connectivity index (χ3n) is 5.08. The first-order valence-electron chi connectivity index (χ1n) is 9.83. The monoisotopic (exact) mass is 525 g/mol. The molecule has 7 heteroatoms. The number of carbonyl (C=O) groups excluding carboxylic acids is 3. The second-order valence-corrected chi connectivity index (χ2v) is 8.51. The van der Waals surface area contributed by atoms with Crippen LogP contribution in [0.5, 0.6) is 0 Å². The quantitative estimate of drug-likeness (QED) is 0.481. The van der Waals surface area contributed by atoms with Gasteiger partial charge in [-0.25, -0.2) is 0 Å². The predicted octanol–water partition coefficient (Wildman–Crippen LogP) is 4.54. The minimum absolute atomic E-state index is 0.0611. The molecule has 156 valence electrons. The minimum Gasteiger partial charge on any atom is -0.326 e. The fraction of sp³-hybridized carbons (Fsp3) is 0.125. The molecule has 31 heavy (non-hydrogen) atoms. The average Bonchev–Trinajstić information content (AvgIpc) is 3.18. The largest absolute Gasteiger partial charge is 0.326 e. The number of halogens is 1. The molecule has 2 N–H and O–H groups in total.